The van der Waals surface area contributed by atoms with E-state index in [0.29, 0.717) is 6.04 Å². The minimum Gasteiger partial charge on any atom is -0.384 e. The maximum Gasteiger partial charge on any atom is 0.122 e. The fourth-order valence-corrected chi connectivity index (χ4v) is 2.23. The van der Waals surface area contributed by atoms with Crippen LogP contribution in [0.3, 0.4) is 0 Å². The van der Waals surface area contributed by atoms with Crippen LogP contribution in [0.4, 0.5) is 5.69 Å². The van der Waals surface area contributed by atoms with Gasteiger partial charge in [0.15, 0.2) is 0 Å². The number of anilines is 1. The topological polar surface area (TPSA) is 62.3 Å². The van der Waals surface area contributed by atoms with Gasteiger partial charge >= 0.3 is 0 Å². The van der Waals surface area contributed by atoms with E-state index in [4.69, 9.17) is 15.9 Å². The number of nitrogen functional groups attached to an aromatic ring is 1. The molecule has 1 saturated heterocycles. The molecule has 1 unspecified atom stereocenters. The molecule has 0 saturated carbocycles. The van der Waals surface area contributed by atoms with E-state index in [0.717, 1.165) is 30.9 Å². The van der Waals surface area contributed by atoms with Crippen LogP contribution in [-0.2, 0) is 4.74 Å². The Hall–Kier alpha value is -1.55. The predicted molar refractivity (Wildman–Crippen MR) is 69.8 cm³/mol. The first-order valence-corrected chi connectivity index (χ1v) is 5.89. The molecular weight excluding hydrogens is 214 g/mol. The number of nitrogens with two attached hydrogens (primary N) is 1. The summed E-state index contributed by atoms with van der Waals surface area (Å²) >= 11 is 0. The summed E-state index contributed by atoms with van der Waals surface area (Å²) < 4.78 is 5.44. The van der Waals surface area contributed by atoms with E-state index in [-0.39, 0.29) is 5.84 Å². The third-order valence-corrected chi connectivity index (χ3v) is 3.18. The molecule has 0 amide bonds. The van der Waals surface area contributed by atoms with E-state index in [1.54, 1.807) is 0 Å². The Morgan fingerprint density at radius 3 is 2.88 bits per heavy atom. The molecule has 0 aliphatic carbocycles. The summed E-state index contributed by atoms with van der Waals surface area (Å²) in [6.07, 6.45) is 0. The van der Waals surface area contributed by atoms with Gasteiger partial charge in [0.1, 0.15) is 5.84 Å². The largest absolute Gasteiger partial charge is 0.384 e. The highest BCUT2D eigenvalue weighted by atomic mass is 16.5. The van der Waals surface area contributed by atoms with Gasteiger partial charge in [-0.3, -0.25) is 5.41 Å². The first-order valence-electron chi connectivity index (χ1n) is 5.89. The Labute approximate surface area is 102 Å². The highest BCUT2D eigenvalue weighted by Crippen LogP contribution is 2.24. The second-order valence-corrected chi connectivity index (χ2v) is 4.53. The molecule has 17 heavy (non-hydrogen) atoms. The molecule has 2 rings (SSSR count). The molecule has 1 fully saturated rings. The average molecular weight is 233 g/mol. The average Bonchev–Trinajstić information content (AvgIpc) is 2.30. The minimum atomic E-state index is 0.120. The molecule has 3 N–H and O–H groups in total. The highest BCUT2D eigenvalue weighted by Gasteiger charge is 2.20. The van der Waals surface area contributed by atoms with Crippen LogP contribution < -0.4 is 10.6 Å². The zero-order valence-corrected chi connectivity index (χ0v) is 10.4. The Morgan fingerprint density at radius 2 is 2.29 bits per heavy atom. The van der Waals surface area contributed by atoms with Crippen LogP contribution >= 0.6 is 0 Å². The van der Waals surface area contributed by atoms with Crippen molar-refractivity contribution in [1.82, 2.24) is 0 Å². The lowest BCUT2D eigenvalue weighted by molar-refractivity contribution is 0.0989. The third-order valence-electron chi connectivity index (χ3n) is 3.18. The molecule has 4 nitrogen and oxygen atoms in total. The van der Waals surface area contributed by atoms with Crippen LogP contribution in [0.2, 0.25) is 0 Å². The molecule has 4 heteroatoms. The van der Waals surface area contributed by atoms with Crippen molar-refractivity contribution in [3.8, 4) is 0 Å². The second kappa shape index (κ2) is 4.75. The zero-order valence-electron chi connectivity index (χ0n) is 10.4. The second-order valence-electron chi connectivity index (χ2n) is 4.53. The summed E-state index contributed by atoms with van der Waals surface area (Å²) in [4.78, 5) is 2.35. The molecule has 0 aromatic heterocycles. The summed E-state index contributed by atoms with van der Waals surface area (Å²) in [5.41, 5.74) is 8.65. The summed E-state index contributed by atoms with van der Waals surface area (Å²) in [7, 11) is 0. The molecule has 1 heterocycles. The van der Waals surface area contributed by atoms with E-state index in [1.807, 2.05) is 18.2 Å². The Kier molecular flexibility index (Phi) is 3.33. The lowest BCUT2D eigenvalue weighted by Gasteiger charge is -2.36. The van der Waals surface area contributed by atoms with Crippen LogP contribution in [0.1, 0.15) is 18.1 Å². The van der Waals surface area contributed by atoms with Gasteiger partial charge in [0.25, 0.3) is 0 Å². The van der Waals surface area contributed by atoms with Crippen molar-refractivity contribution in [2.75, 3.05) is 24.7 Å². The van der Waals surface area contributed by atoms with E-state index in [1.165, 1.54) is 5.69 Å². The number of hydrogen-bond donors (Lipinski definition) is 2. The van der Waals surface area contributed by atoms with Gasteiger partial charge < -0.3 is 15.4 Å². The number of morpholine rings is 1. The van der Waals surface area contributed by atoms with Crippen molar-refractivity contribution in [2.45, 2.75) is 19.9 Å². The fourth-order valence-electron chi connectivity index (χ4n) is 2.23. The Morgan fingerprint density at radius 1 is 1.53 bits per heavy atom. The number of amidine groups is 1. The lowest BCUT2D eigenvalue weighted by atomic mass is 10.1. The van der Waals surface area contributed by atoms with Gasteiger partial charge in [0, 0.05) is 23.8 Å². The summed E-state index contributed by atoms with van der Waals surface area (Å²) in [6.45, 7) is 6.69. The van der Waals surface area contributed by atoms with Crippen molar-refractivity contribution in [2.24, 2.45) is 5.73 Å². The number of nitrogens with zero attached hydrogens (tertiary/aromatic N) is 1. The molecule has 0 bridgehead atoms. The first-order chi connectivity index (χ1) is 8.09. The molecule has 1 atom stereocenters. The molecule has 1 aliphatic heterocycles. The van der Waals surface area contributed by atoms with Crippen LogP contribution in [0.25, 0.3) is 0 Å². The number of hydrogen-bond acceptors (Lipinski definition) is 3. The van der Waals surface area contributed by atoms with Gasteiger partial charge in [0.05, 0.1) is 13.2 Å². The third kappa shape index (κ3) is 2.42. The van der Waals surface area contributed by atoms with E-state index in [2.05, 4.69) is 18.7 Å². The normalized spacial score (nSPS) is 20.4. The maximum absolute atomic E-state index is 7.43. The van der Waals surface area contributed by atoms with Crippen LogP contribution in [-0.4, -0.2) is 31.6 Å². The Bertz CT molecular complexity index is 431. The predicted octanol–water partition coefficient (Wildman–Crippen LogP) is 1.50. The van der Waals surface area contributed by atoms with Crippen molar-refractivity contribution in [3.05, 3.63) is 29.3 Å². The van der Waals surface area contributed by atoms with Gasteiger partial charge in [-0.2, -0.15) is 0 Å². The van der Waals surface area contributed by atoms with Gasteiger partial charge in [0.2, 0.25) is 0 Å². The fraction of sp³-hybridized carbons (Fsp3) is 0.462. The van der Waals surface area contributed by atoms with Crippen molar-refractivity contribution in [1.29, 1.82) is 5.41 Å². The van der Waals surface area contributed by atoms with Crippen molar-refractivity contribution < 1.29 is 4.74 Å². The molecule has 1 aromatic rings. The maximum atomic E-state index is 7.43. The van der Waals surface area contributed by atoms with Crippen LogP contribution in [0, 0.1) is 12.3 Å². The first kappa shape index (κ1) is 11.9. The lowest BCUT2D eigenvalue weighted by Crippen LogP contribution is -2.44. The molecule has 1 aliphatic rings. The number of rotatable bonds is 2. The quantitative estimate of drug-likeness (QED) is 0.601. The monoisotopic (exact) mass is 233 g/mol. The number of aryl methyl sites for hydroxylation is 1. The molecule has 0 spiro atoms. The van der Waals surface area contributed by atoms with Gasteiger partial charge in [-0.25, -0.2) is 0 Å². The van der Waals surface area contributed by atoms with E-state index < -0.39 is 0 Å². The van der Waals surface area contributed by atoms with Crippen LogP contribution in [0.15, 0.2) is 18.2 Å². The zero-order chi connectivity index (χ0) is 12.4. The van der Waals surface area contributed by atoms with E-state index >= 15 is 0 Å². The summed E-state index contributed by atoms with van der Waals surface area (Å²) in [5, 5.41) is 7.43. The number of benzene rings is 1. The number of nitrogens with one attached hydrogen (secondary N) is 1. The SMILES string of the molecule is Cc1cc(C(=N)N)ccc1N1CCOCC1C. The standard InChI is InChI=1S/C13H19N3O/c1-9-7-11(13(14)15)3-4-12(9)16-5-6-17-8-10(16)2/h3-4,7,10H,5-6,8H2,1-2H3,(H3,14,15). The highest BCUT2D eigenvalue weighted by molar-refractivity contribution is 5.95. The van der Waals surface area contributed by atoms with Gasteiger partial charge in [-0.05, 0) is 37.6 Å². The van der Waals surface area contributed by atoms with E-state index in [9.17, 15) is 0 Å². The molecule has 92 valence electrons. The van der Waals surface area contributed by atoms with Gasteiger partial charge in [-0.1, -0.05) is 0 Å². The summed E-state index contributed by atoms with van der Waals surface area (Å²) in [6, 6.07) is 6.33. The van der Waals surface area contributed by atoms with Crippen molar-refractivity contribution in [3.63, 3.8) is 0 Å². The van der Waals surface area contributed by atoms with Gasteiger partial charge in [-0.15, -0.1) is 0 Å². The number of ether oxygens (including phenoxy) is 1. The minimum absolute atomic E-state index is 0.120. The smallest absolute Gasteiger partial charge is 0.122 e. The Balaban J connectivity index is 2.29. The van der Waals surface area contributed by atoms with Crippen molar-refractivity contribution >= 4 is 11.5 Å². The molecule has 0 radical (unpaired) electrons. The molecular formula is C13H19N3O. The summed E-state index contributed by atoms with van der Waals surface area (Å²) in [5.74, 6) is 0.120. The van der Waals surface area contributed by atoms with Crippen LogP contribution in [0.5, 0.6) is 0 Å². The molecule has 1 aromatic carbocycles.